The molecule has 0 radical (unpaired) electrons. The number of hydrogen-bond acceptors (Lipinski definition) is 6. The predicted molar refractivity (Wildman–Crippen MR) is 130 cm³/mol. The average molecular weight is 489 g/mol. The molecular weight excluding hydrogens is 460 g/mol. The van der Waals surface area contributed by atoms with Crippen LogP contribution in [0.3, 0.4) is 0 Å². The zero-order chi connectivity index (χ0) is 25.3. The molecule has 3 N–H and O–H groups in total. The first-order valence-electron chi connectivity index (χ1n) is 10.5. The van der Waals surface area contributed by atoms with Gasteiger partial charge >= 0.3 is 6.03 Å². The van der Waals surface area contributed by atoms with Crippen molar-refractivity contribution in [3.63, 3.8) is 0 Å². The molecule has 10 nitrogen and oxygen atoms in total. The van der Waals surface area contributed by atoms with Gasteiger partial charge in [0.1, 0.15) is 5.75 Å². The highest BCUT2D eigenvalue weighted by molar-refractivity contribution is 7.92. The third-order valence-corrected chi connectivity index (χ3v) is 5.72. The Morgan fingerprint density at radius 2 is 1.76 bits per heavy atom. The van der Waals surface area contributed by atoms with E-state index in [2.05, 4.69) is 15.4 Å². The Kier molecular flexibility index (Phi) is 6.87. The molecule has 0 bridgehead atoms. The summed E-state index contributed by atoms with van der Waals surface area (Å²) in [5.41, 5.74) is 1.46. The Morgan fingerprint density at radius 3 is 2.29 bits per heavy atom. The standard InChI is InChI=1S/C23H28N4O6S/c1-23(2,3)17-12-16(27-19(28)10-11-24-22(27)30)13-18(20(17)33-4)25-21(29)14-6-8-15(9-7-14)26-34(5,31)32/h6-9,12-13,26H,10-11H2,1-5H3,(H,24,30)(H,25,29). The minimum atomic E-state index is -3.44. The van der Waals surface area contributed by atoms with Crippen LogP contribution >= 0.6 is 0 Å². The van der Waals surface area contributed by atoms with Gasteiger partial charge in [-0.15, -0.1) is 0 Å². The van der Waals surface area contributed by atoms with Gasteiger partial charge in [0, 0.05) is 29.8 Å². The molecule has 0 saturated carbocycles. The largest absolute Gasteiger partial charge is 0.494 e. The minimum absolute atomic E-state index is 0.165. The van der Waals surface area contributed by atoms with E-state index in [1.165, 1.54) is 37.4 Å². The smallest absolute Gasteiger partial charge is 0.328 e. The maximum atomic E-state index is 13.0. The SMILES string of the molecule is COc1c(NC(=O)c2ccc(NS(C)(=O)=O)cc2)cc(N2C(=O)CCNC2=O)cc1C(C)(C)C. The summed E-state index contributed by atoms with van der Waals surface area (Å²) in [5.74, 6) is -0.416. The van der Waals surface area contributed by atoms with Gasteiger partial charge < -0.3 is 15.4 Å². The van der Waals surface area contributed by atoms with Gasteiger partial charge in [-0.05, 0) is 41.8 Å². The lowest BCUT2D eigenvalue weighted by Gasteiger charge is -2.30. The molecule has 0 aromatic heterocycles. The highest BCUT2D eigenvalue weighted by atomic mass is 32.2. The van der Waals surface area contributed by atoms with E-state index in [1.54, 1.807) is 6.07 Å². The molecule has 2 aromatic carbocycles. The van der Waals surface area contributed by atoms with Crippen molar-refractivity contribution < 1.29 is 27.5 Å². The predicted octanol–water partition coefficient (Wildman–Crippen LogP) is 3.06. The highest BCUT2D eigenvalue weighted by Gasteiger charge is 2.31. The molecule has 1 saturated heterocycles. The first kappa shape index (κ1) is 25.0. The van der Waals surface area contributed by atoms with Crippen molar-refractivity contribution in [1.82, 2.24) is 5.32 Å². The third-order valence-electron chi connectivity index (χ3n) is 5.11. The first-order valence-corrected chi connectivity index (χ1v) is 12.4. The van der Waals surface area contributed by atoms with E-state index in [-0.39, 0.29) is 24.4 Å². The van der Waals surface area contributed by atoms with Crippen molar-refractivity contribution in [2.75, 3.05) is 34.8 Å². The van der Waals surface area contributed by atoms with Crippen LogP contribution in [0.25, 0.3) is 0 Å². The van der Waals surface area contributed by atoms with E-state index in [1.807, 2.05) is 20.8 Å². The van der Waals surface area contributed by atoms with Crippen LogP contribution < -0.4 is 25.0 Å². The van der Waals surface area contributed by atoms with Crippen LogP contribution in [-0.2, 0) is 20.2 Å². The average Bonchev–Trinajstić information content (AvgIpc) is 2.72. The fraction of sp³-hybridized carbons (Fsp3) is 0.348. The Morgan fingerprint density at radius 1 is 1.12 bits per heavy atom. The lowest BCUT2D eigenvalue weighted by atomic mass is 9.85. The fourth-order valence-electron chi connectivity index (χ4n) is 3.55. The maximum absolute atomic E-state index is 13.0. The Hall–Kier alpha value is -3.60. The van der Waals surface area contributed by atoms with Crippen LogP contribution in [0.4, 0.5) is 21.9 Å². The summed E-state index contributed by atoms with van der Waals surface area (Å²) in [5, 5.41) is 5.45. The monoisotopic (exact) mass is 488 g/mol. The summed E-state index contributed by atoms with van der Waals surface area (Å²) in [6.45, 7) is 6.12. The summed E-state index contributed by atoms with van der Waals surface area (Å²) in [7, 11) is -1.97. The molecule has 1 fully saturated rings. The number of sulfonamides is 1. The third kappa shape index (κ3) is 5.66. The molecule has 1 heterocycles. The lowest BCUT2D eigenvalue weighted by molar-refractivity contribution is -0.118. The van der Waals surface area contributed by atoms with Crippen molar-refractivity contribution >= 4 is 44.9 Å². The number of rotatable bonds is 6. The Labute approximate surface area is 198 Å². The molecule has 11 heteroatoms. The van der Waals surface area contributed by atoms with Gasteiger partial charge in [0.05, 0.1) is 24.7 Å². The van der Waals surface area contributed by atoms with E-state index in [0.29, 0.717) is 28.4 Å². The zero-order valence-electron chi connectivity index (χ0n) is 19.7. The van der Waals surface area contributed by atoms with Gasteiger partial charge in [-0.1, -0.05) is 20.8 Å². The van der Waals surface area contributed by atoms with E-state index < -0.39 is 27.4 Å². The number of hydrogen-bond donors (Lipinski definition) is 3. The summed E-state index contributed by atoms with van der Waals surface area (Å²) in [6, 6.07) is 8.60. The van der Waals surface area contributed by atoms with E-state index in [0.717, 1.165) is 11.2 Å². The van der Waals surface area contributed by atoms with Gasteiger partial charge in [0.15, 0.2) is 0 Å². The number of carbonyl (C=O) groups excluding carboxylic acids is 3. The van der Waals surface area contributed by atoms with E-state index in [9.17, 15) is 22.8 Å². The highest BCUT2D eigenvalue weighted by Crippen LogP contribution is 2.41. The van der Waals surface area contributed by atoms with Gasteiger partial charge in [-0.25, -0.2) is 18.1 Å². The fourth-order valence-corrected chi connectivity index (χ4v) is 4.12. The summed E-state index contributed by atoms with van der Waals surface area (Å²) in [6.07, 6.45) is 1.20. The van der Waals surface area contributed by atoms with Gasteiger partial charge in [0.25, 0.3) is 5.91 Å². The number of amides is 4. The molecule has 0 atom stereocenters. The Bertz CT molecular complexity index is 1220. The summed E-state index contributed by atoms with van der Waals surface area (Å²) in [4.78, 5) is 39.0. The quantitative estimate of drug-likeness (QED) is 0.572. The lowest BCUT2D eigenvalue weighted by Crippen LogP contribution is -2.50. The van der Waals surface area contributed by atoms with Gasteiger partial charge in [0.2, 0.25) is 15.9 Å². The Balaban J connectivity index is 2.01. The second kappa shape index (κ2) is 9.34. The van der Waals surface area contributed by atoms with Crippen molar-refractivity contribution in [2.24, 2.45) is 0 Å². The second-order valence-electron chi connectivity index (χ2n) is 8.94. The van der Waals surface area contributed by atoms with Crippen LogP contribution in [0.1, 0.15) is 43.1 Å². The summed E-state index contributed by atoms with van der Waals surface area (Å²) < 4.78 is 30.7. The molecule has 0 unspecified atom stereocenters. The maximum Gasteiger partial charge on any atom is 0.328 e. The van der Waals surface area contributed by atoms with Crippen LogP contribution in [-0.4, -0.2) is 46.2 Å². The molecule has 0 spiro atoms. The summed E-state index contributed by atoms with van der Waals surface area (Å²) >= 11 is 0. The normalized spacial score (nSPS) is 14.4. The molecule has 182 valence electrons. The van der Waals surface area contributed by atoms with Crippen molar-refractivity contribution in [1.29, 1.82) is 0 Å². The number of methoxy groups -OCH3 is 1. The first-order chi connectivity index (χ1) is 15.8. The van der Waals surface area contributed by atoms with Crippen molar-refractivity contribution in [2.45, 2.75) is 32.6 Å². The topological polar surface area (TPSA) is 134 Å². The minimum Gasteiger partial charge on any atom is -0.494 e. The molecule has 1 aliphatic heterocycles. The molecule has 0 aliphatic carbocycles. The number of imide groups is 1. The number of nitrogens with one attached hydrogen (secondary N) is 3. The van der Waals surface area contributed by atoms with Gasteiger partial charge in [-0.2, -0.15) is 0 Å². The van der Waals surface area contributed by atoms with Crippen LogP contribution in [0.2, 0.25) is 0 Å². The van der Waals surface area contributed by atoms with Crippen molar-refractivity contribution in [3.05, 3.63) is 47.5 Å². The number of ether oxygens (including phenoxy) is 1. The van der Waals surface area contributed by atoms with E-state index in [4.69, 9.17) is 4.74 Å². The zero-order valence-corrected chi connectivity index (χ0v) is 20.5. The van der Waals surface area contributed by atoms with Crippen LogP contribution in [0, 0.1) is 0 Å². The van der Waals surface area contributed by atoms with Gasteiger partial charge in [-0.3, -0.25) is 14.3 Å². The van der Waals surface area contributed by atoms with Crippen LogP contribution in [0.5, 0.6) is 5.75 Å². The molecular formula is C23H28N4O6S. The molecule has 3 rings (SSSR count). The molecule has 1 aliphatic rings. The van der Waals surface area contributed by atoms with Crippen molar-refractivity contribution in [3.8, 4) is 5.75 Å². The molecule has 2 aromatic rings. The number of anilines is 3. The number of nitrogens with zero attached hydrogens (tertiary/aromatic N) is 1. The molecule has 4 amide bonds. The van der Waals surface area contributed by atoms with Crippen LogP contribution in [0.15, 0.2) is 36.4 Å². The number of benzene rings is 2. The number of carbonyl (C=O) groups is 3. The second-order valence-corrected chi connectivity index (χ2v) is 10.7. The molecule has 34 heavy (non-hydrogen) atoms. The number of urea groups is 1. The van der Waals surface area contributed by atoms with E-state index >= 15 is 0 Å².